The highest BCUT2D eigenvalue weighted by molar-refractivity contribution is 7.53. The van der Waals surface area contributed by atoms with Crippen LogP contribution in [-0.4, -0.2) is 46.2 Å². The van der Waals surface area contributed by atoms with E-state index in [2.05, 4.69) is 15.0 Å². The number of rotatable bonds is 8. The maximum absolute atomic E-state index is 13.2. The molecule has 1 unspecified atom stereocenters. The van der Waals surface area contributed by atoms with E-state index < -0.39 is 31.3 Å². The standard InChI is InChI=1S/C12H18F2N5O5P/c13-12(14,25(22,23)24)7(20)4-2-1-3-5-19-6-16-8-9(19)17-11(15)18-10(8)21/h6-7,20H,1-5H2,(H2,22,23,24)(H3,15,17,18,21). The fraction of sp³-hybridized carbons (Fsp3) is 0.583. The van der Waals surface area contributed by atoms with E-state index in [0.717, 1.165) is 0 Å². The van der Waals surface area contributed by atoms with Crippen LogP contribution in [0.25, 0.3) is 11.2 Å². The molecule has 0 aliphatic rings. The Hall–Kier alpha value is -1.88. The number of nitrogens with one attached hydrogen (secondary N) is 1. The number of H-pyrrole nitrogens is 1. The predicted molar refractivity (Wildman–Crippen MR) is 84.0 cm³/mol. The number of aliphatic hydroxyl groups is 1. The number of aryl methyl sites for hydroxylation is 1. The molecule has 25 heavy (non-hydrogen) atoms. The minimum Gasteiger partial charge on any atom is -0.386 e. The molecule has 0 fully saturated rings. The molecule has 10 nitrogen and oxygen atoms in total. The van der Waals surface area contributed by atoms with Crippen molar-refractivity contribution in [2.75, 3.05) is 5.73 Å². The first kappa shape index (κ1) is 19.4. The lowest BCUT2D eigenvalue weighted by molar-refractivity contribution is -0.0627. The number of unbranched alkanes of at least 4 members (excludes halogenated alkanes) is 2. The molecular weight excluding hydrogens is 363 g/mol. The van der Waals surface area contributed by atoms with Gasteiger partial charge in [-0.2, -0.15) is 13.8 Å². The normalized spacial score (nSPS) is 14.1. The van der Waals surface area contributed by atoms with Gasteiger partial charge in [-0.3, -0.25) is 14.3 Å². The Kier molecular flexibility index (Phi) is 5.57. The number of aromatic amines is 1. The summed E-state index contributed by atoms with van der Waals surface area (Å²) in [5.74, 6) is -0.0537. The Labute approximate surface area is 139 Å². The average molecular weight is 381 g/mol. The van der Waals surface area contributed by atoms with Crippen molar-refractivity contribution in [1.29, 1.82) is 0 Å². The summed E-state index contributed by atoms with van der Waals surface area (Å²) in [7, 11) is -5.71. The molecule has 13 heteroatoms. The molecule has 0 aliphatic heterocycles. The number of imidazole rings is 1. The number of halogens is 2. The summed E-state index contributed by atoms with van der Waals surface area (Å²) in [6, 6.07) is 0. The summed E-state index contributed by atoms with van der Waals surface area (Å²) in [5, 5.41) is 9.28. The molecular formula is C12H18F2N5O5P. The van der Waals surface area contributed by atoms with E-state index in [0.29, 0.717) is 25.0 Å². The molecule has 2 heterocycles. The second-order valence-electron chi connectivity index (χ2n) is 5.56. The van der Waals surface area contributed by atoms with Gasteiger partial charge in [0.2, 0.25) is 5.95 Å². The summed E-state index contributed by atoms with van der Waals surface area (Å²) in [5.41, 5.74) is 0.968. The van der Waals surface area contributed by atoms with Crippen molar-refractivity contribution in [1.82, 2.24) is 19.5 Å². The van der Waals surface area contributed by atoms with Crippen LogP contribution in [-0.2, 0) is 11.1 Å². The topological polar surface area (TPSA) is 167 Å². The van der Waals surface area contributed by atoms with E-state index >= 15 is 0 Å². The molecule has 0 bridgehead atoms. The highest BCUT2D eigenvalue weighted by Gasteiger charge is 2.54. The molecule has 0 aromatic carbocycles. The molecule has 1 atom stereocenters. The summed E-state index contributed by atoms with van der Waals surface area (Å²) in [4.78, 5) is 38.9. The van der Waals surface area contributed by atoms with E-state index in [4.69, 9.17) is 15.5 Å². The molecule has 0 aliphatic carbocycles. The molecule has 140 valence electrons. The Bertz CT molecular complexity index is 848. The summed E-state index contributed by atoms with van der Waals surface area (Å²) >= 11 is 0. The van der Waals surface area contributed by atoms with Crippen molar-refractivity contribution in [3.63, 3.8) is 0 Å². The minimum atomic E-state index is -5.71. The van der Waals surface area contributed by atoms with Crippen molar-refractivity contribution >= 4 is 24.7 Å². The van der Waals surface area contributed by atoms with Gasteiger partial charge in [-0.25, -0.2) is 4.98 Å². The van der Waals surface area contributed by atoms with Gasteiger partial charge in [0.25, 0.3) is 5.56 Å². The average Bonchev–Trinajstić information content (AvgIpc) is 2.88. The maximum atomic E-state index is 13.2. The van der Waals surface area contributed by atoms with Gasteiger partial charge >= 0.3 is 13.3 Å². The molecule has 6 N–H and O–H groups in total. The molecule has 0 amide bonds. The largest absolute Gasteiger partial charge is 0.397 e. The summed E-state index contributed by atoms with van der Waals surface area (Å²) < 4.78 is 38.7. The van der Waals surface area contributed by atoms with Crippen LogP contribution in [0.3, 0.4) is 0 Å². The Balaban J connectivity index is 1.86. The fourth-order valence-corrected chi connectivity index (χ4v) is 2.82. The van der Waals surface area contributed by atoms with Crippen LogP contribution >= 0.6 is 7.60 Å². The number of nitrogen functional groups attached to an aromatic ring is 1. The third-order valence-corrected chi connectivity index (χ3v) is 4.73. The zero-order valence-corrected chi connectivity index (χ0v) is 13.9. The van der Waals surface area contributed by atoms with Crippen LogP contribution in [0.5, 0.6) is 0 Å². The Morgan fingerprint density at radius 2 is 2.04 bits per heavy atom. The lowest BCUT2D eigenvalue weighted by atomic mass is 10.1. The number of anilines is 1. The van der Waals surface area contributed by atoms with Gasteiger partial charge in [0.05, 0.1) is 6.33 Å². The molecule has 0 saturated carbocycles. The Morgan fingerprint density at radius 3 is 2.68 bits per heavy atom. The molecule has 0 radical (unpaired) electrons. The van der Waals surface area contributed by atoms with Gasteiger partial charge in [0.15, 0.2) is 11.2 Å². The second-order valence-corrected chi connectivity index (χ2v) is 7.24. The number of hydrogen-bond donors (Lipinski definition) is 5. The first-order valence-electron chi connectivity index (χ1n) is 7.36. The SMILES string of the molecule is Nc1nc2c(ncn2CCCCCC(O)C(F)(F)P(=O)(O)O)c(=O)[nH]1. The first-order valence-corrected chi connectivity index (χ1v) is 8.97. The van der Waals surface area contributed by atoms with Crippen molar-refractivity contribution in [2.45, 2.75) is 44.0 Å². The van der Waals surface area contributed by atoms with Gasteiger partial charge in [0, 0.05) is 6.54 Å². The number of hydrogen-bond acceptors (Lipinski definition) is 6. The molecule has 0 saturated heterocycles. The first-order chi connectivity index (χ1) is 11.5. The predicted octanol–water partition coefficient (Wildman–Crippen LogP) is 0.394. The third-order valence-electron chi connectivity index (χ3n) is 3.66. The minimum absolute atomic E-state index is 0.0537. The van der Waals surface area contributed by atoms with E-state index in [9.17, 15) is 23.2 Å². The zero-order valence-electron chi connectivity index (χ0n) is 13.0. The molecule has 2 aromatic heterocycles. The van der Waals surface area contributed by atoms with Gasteiger partial charge in [-0.1, -0.05) is 12.8 Å². The quantitative estimate of drug-likeness (QED) is 0.323. The Morgan fingerprint density at radius 1 is 1.36 bits per heavy atom. The van der Waals surface area contributed by atoms with Crippen molar-refractivity contribution < 1.29 is 28.2 Å². The number of nitrogens with two attached hydrogens (primary N) is 1. The molecule has 2 aromatic rings. The lowest BCUT2D eigenvalue weighted by Gasteiger charge is -2.23. The van der Waals surface area contributed by atoms with Crippen LogP contribution in [0.15, 0.2) is 11.1 Å². The van der Waals surface area contributed by atoms with E-state index in [1.54, 1.807) is 4.57 Å². The van der Waals surface area contributed by atoms with Crippen molar-refractivity contribution in [3.05, 3.63) is 16.7 Å². The molecule has 2 rings (SSSR count). The number of aromatic nitrogens is 4. The third kappa shape index (κ3) is 4.21. The maximum Gasteiger partial charge on any atom is 0.397 e. The number of fused-ring (bicyclic) bond motifs is 1. The van der Waals surface area contributed by atoms with Crippen LogP contribution in [0.4, 0.5) is 14.7 Å². The van der Waals surface area contributed by atoms with Crippen LogP contribution in [0.1, 0.15) is 25.7 Å². The van der Waals surface area contributed by atoms with E-state index in [1.807, 2.05) is 0 Å². The second kappa shape index (κ2) is 7.16. The van der Waals surface area contributed by atoms with Gasteiger partial charge < -0.3 is 25.2 Å². The smallest absolute Gasteiger partial charge is 0.386 e. The van der Waals surface area contributed by atoms with Gasteiger partial charge in [-0.05, 0) is 12.8 Å². The van der Waals surface area contributed by atoms with E-state index in [1.165, 1.54) is 6.33 Å². The number of aliphatic hydroxyl groups excluding tert-OH is 1. The van der Waals surface area contributed by atoms with Crippen LogP contribution < -0.4 is 11.3 Å². The van der Waals surface area contributed by atoms with E-state index in [-0.39, 0.29) is 17.9 Å². The number of alkyl halides is 2. The summed E-state index contributed by atoms with van der Waals surface area (Å²) in [6.45, 7) is 0.386. The van der Waals surface area contributed by atoms with Gasteiger partial charge in [-0.15, -0.1) is 0 Å². The van der Waals surface area contributed by atoms with Gasteiger partial charge in [0.1, 0.15) is 6.10 Å². The van der Waals surface area contributed by atoms with Crippen LogP contribution in [0, 0.1) is 0 Å². The highest BCUT2D eigenvalue weighted by Crippen LogP contribution is 2.55. The zero-order chi connectivity index (χ0) is 18.8. The number of nitrogens with zero attached hydrogens (tertiary/aromatic N) is 3. The monoisotopic (exact) mass is 381 g/mol. The van der Waals surface area contributed by atoms with Crippen molar-refractivity contribution in [3.8, 4) is 0 Å². The fourth-order valence-electron chi connectivity index (χ4n) is 2.30. The van der Waals surface area contributed by atoms with Crippen molar-refractivity contribution in [2.24, 2.45) is 0 Å². The highest BCUT2D eigenvalue weighted by atomic mass is 31.2. The molecule has 0 spiro atoms. The lowest BCUT2D eigenvalue weighted by Crippen LogP contribution is -2.33. The van der Waals surface area contributed by atoms with Crippen LogP contribution in [0.2, 0.25) is 0 Å². The summed E-state index contributed by atoms with van der Waals surface area (Å²) in [6.07, 6.45) is -0.417.